The second-order valence-electron chi connectivity index (χ2n) is 5.24. The van der Waals surface area contributed by atoms with Crippen LogP contribution in [-0.4, -0.2) is 22.1 Å². The first-order valence-corrected chi connectivity index (χ1v) is 8.79. The number of aryl methyl sites for hydroxylation is 1. The number of sulfonamides is 1. The fourth-order valence-corrected chi connectivity index (χ4v) is 3.35. The summed E-state index contributed by atoms with van der Waals surface area (Å²) in [5.41, 5.74) is 2.93. The Morgan fingerprint density at radius 2 is 1.77 bits per heavy atom. The molecule has 0 amide bonds. The van der Waals surface area contributed by atoms with Crippen molar-refractivity contribution in [3.8, 4) is 5.75 Å². The molecule has 0 atom stereocenters. The van der Waals surface area contributed by atoms with Crippen LogP contribution >= 0.6 is 0 Å². The molecule has 2 aromatic carbocycles. The summed E-state index contributed by atoms with van der Waals surface area (Å²) in [6.45, 7) is 2.34. The van der Waals surface area contributed by atoms with Gasteiger partial charge in [0.15, 0.2) is 0 Å². The van der Waals surface area contributed by atoms with Crippen LogP contribution in [0.2, 0.25) is 0 Å². The summed E-state index contributed by atoms with van der Waals surface area (Å²) in [5.74, 6) is 0.806. The van der Waals surface area contributed by atoms with E-state index in [2.05, 4.69) is 4.72 Å². The van der Waals surface area contributed by atoms with Crippen LogP contribution in [0.25, 0.3) is 0 Å². The van der Waals surface area contributed by atoms with Gasteiger partial charge in [-0.25, -0.2) is 13.1 Å². The van der Waals surface area contributed by atoms with Gasteiger partial charge in [0, 0.05) is 6.54 Å². The van der Waals surface area contributed by atoms with E-state index in [0.717, 1.165) is 22.4 Å². The van der Waals surface area contributed by atoms with Gasteiger partial charge >= 0.3 is 0 Å². The van der Waals surface area contributed by atoms with E-state index in [9.17, 15) is 8.42 Å². The molecule has 4 nitrogen and oxygen atoms in total. The molecule has 0 radical (unpaired) electrons. The highest BCUT2D eigenvalue weighted by atomic mass is 32.2. The molecule has 0 aromatic heterocycles. The van der Waals surface area contributed by atoms with Gasteiger partial charge in [-0.2, -0.15) is 0 Å². The van der Waals surface area contributed by atoms with Gasteiger partial charge in [-0.3, -0.25) is 0 Å². The lowest BCUT2D eigenvalue weighted by Gasteiger charge is -2.08. The molecule has 0 unspecified atom stereocenters. The number of hydrogen-bond donors (Lipinski definition) is 1. The third-order valence-electron chi connectivity index (χ3n) is 3.33. The summed E-state index contributed by atoms with van der Waals surface area (Å²) in [6, 6.07) is 15.2. The summed E-state index contributed by atoms with van der Waals surface area (Å²) < 4.78 is 31.9. The number of hydrogen-bond acceptors (Lipinski definition) is 3. The lowest BCUT2D eigenvalue weighted by molar-refractivity contribution is 0.414. The Hall–Kier alpha value is -1.85. The summed E-state index contributed by atoms with van der Waals surface area (Å²) in [6.07, 6.45) is 0.650. The van der Waals surface area contributed by atoms with Crippen LogP contribution in [-0.2, 0) is 22.2 Å². The summed E-state index contributed by atoms with van der Waals surface area (Å²) in [5, 5.41) is 0. The SMILES string of the molecule is COc1ccc(CCNS(=O)(=O)Cc2cccc(C)c2)cc1. The highest BCUT2D eigenvalue weighted by Crippen LogP contribution is 2.12. The van der Waals surface area contributed by atoms with Crippen LogP contribution in [0.4, 0.5) is 0 Å². The predicted molar refractivity (Wildman–Crippen MR) is 88.5 cm³/mol. The van der Waals surface area contributed by atoms with Gasteiger partial charge in [-0.1, -0.05) is 42.0 Å². The summed E-state index contributed by atoms with van der Waals surface area (Å²) in [7, 11) is -1.69. The summed E-state index contributed by atoms with van der Waals surface area (Å²) in [4.78, 5) is 0. The van der Waals surface area contributed by atoms with E-state index < -0.39 is 10.0 Å². The Balaban J connectivity index is 1.86. The van der Waals surface area contributed by atoms with E-state index in [1.165, 1.54) is 0 Å². The zero-order valence-electron chi connectivity index (χ0n) is 12.9. The number of rotatable bonds is 7. The Bertz CT molecular complexity index is 709. The van der Waals surface area contributed by atoms with Crippen LogP contribution < -0.4 is 9.46 Å². The average Bonchev–Trinajstić information content (AvgIpc) is 2.47. The van der Waals surface area contributed by atoms with E-state index in [-0.39, 0.29) is 5.75 Å². The van der Waals surface area contributed by atoms with Gasteiger partial charge in [-0.15, -0.1) is 0 Å². The second-order valence-corrected chi connectivity index (χ2v) is 7.05. The topological polar surface area (TPSA) is 55.4 Å². The highest BCUT2D eigenvalue weighted by molar-refractivity contribution is 7.88. The first-order chi connectivity index (χ1) is 10.5. The van der Waals surface area contributed by atoms with Crippen molar-refractivity contribution in [3.05, 3.63) is 65.2 Å². The van der Waals surface area contributed by atoms with Crippen LogP contribution in [0, 0.1) is 6.92 Å². The zero-order valence-corrected chi connectivity index (χ0v) is 13.7. The van der Waals surface area contributed by atoms with Gasteiger partial charge in [0.25, 0.3) is 0 Å². The molecule has 0 saturated heterocycles. The predicted octanol–water partition coefficient (Wildman–Crippen LogP) is 2.67. The minimum Gasteiger partial charge on any atom is -0.497 e. The van der Waals surface area contributed by atoms with Gasteiger partial charge in [0.1, 0.15) is 5.75 Å². The van der Waals surface area contributed by atoms with Crippen molar-refractivity contribution >= 4 is 10.0 Å². The van der Waals surface area contributed by atoms with E-state index >= 15 is 0 Å². The normalized spacial score (nSPS) is 11.4. The van der Waals surface area contributed by atoms with Gasteiger partial charge in [0.05, 0.1) is 12.9 Å². The van der Waals surface area contributed by atoms with Crippen molar-refractivity contribution in [3.63, 3.8) is 0 Å². The number of ether oxygens (including phenoxy) is 1. The lowest BCUT2D eigenvalue weighted by Crippen LogP contribution is -2.27. The Morgan fingerprint density at radius 3 is 2.41 bits per heavy atom. The second kappa shape index (κ2) is 7.42. The molecule has 0 aliphatic carbocycles. The Morgan fingerprint density at radius 1 is 1.05 bits per heavy atom. The van der Waals surface area contributed by atoms with E-state index in [1.807, 2.05) is 55.5 Å². The molecule has 118 valence electrons. The first-order valence-electron chi connectivity index (χ1n) is 7.14. The third kappa shape index (κ3) is 5.16. The molecule has 0 spiro atoms. The van der Waals surface area contributed by atoms with Crippen molar-refractivity contribution in [2.45, 2.75) is 19.1 Å². The number of nitrogens with one attached hydrogen (secondary N) is 1. The van der Waals surface area contributed by atoms with Crippen molar-refractivity contribution < 1.29 is 13.2 Å². The Kier molecular flexibility index (Phi) is 5.57. The van der Waals surface area contributed by atoms with Crippen molar-refractivity contribution in [2.24, 2.45) is 0 Å². The largest absolute Gasteiger partial charge is 0.497 e. The molecule has 0 heterocycles. The third-order valence-corrected chi connectivity index (χ3v) is 4.69. The molecule has 5 heteroatoms. The molecule has 0 bridgehead atoms. The molecule has 0 aliphatic heterocycles. The Labute approximate surface area is 132 Å². The minimum absolute atomic E-state index is 0.0112. The maximum atomic E-state index is 12.1. The first kappa shape index (κ1) is 16.5. The smallest absolute Gasteiger partial charge is 0.215 e. The standard InChI is InChI=1S/C17H21NO3S/c1-14-4-3-5-16(12-14)13-22(19,20)18-11-10-15-6-8-17(21-2)9-7-15/h3-9,12,18H,10-11,13H2,1-2H3. The fourth-order valence-electron chi connectivity index (χ4n) is 2.22. The van der Waals surface area contributed by atoms with Gasteiger partial charge in [0.2, 0.25) is 10.0 Å². The van der Waals surface area contributed by atoms with Crippen molar-refractivity contribution in [2.75, 3.05) is 13.7 Å². The van der Waals surface area contributed by atoms with Gasteiger partial charge in [-0.05, 0) is 36.6 Å². The monoisotopic (exact) mass is 319 g/mol. The van der Waals surface area contributed by atoms with Gasteiger partial charge < -0.3 is 4.74 Å². The maximum Gasteiger partial charge on any atom is 0.215 e. The molecule has 2 rings (SSSR count). The van der Waals surface area contributed by atoms with E-state index in [4.69, 9.17) is 4.74 Å². The van der Waals surface area contributed by atoms with E-state index in [1.54, 1.807) is 7.11 Å². The van der Waals surface area contributed by atoms with Crippen LogP contribution in [0.1, 0.15) is 16.7 Å². The molecule has 0 fully saturated rings. The number of benzene rings is 2. The molecule has 22 heavy (non-hydrogen) atoms. The molecular formula is C17H21NO3S. The van der Waals surface area contributed by atoms with Crippen LogP contribution in [0.5, 0.6) is 5.75 Å². The highest BCUT2D eigenvalue weighted by Gasteiger charge is 2.11. The lowest BCUT2D eigenvalue weighted by atomic mass is 10.1. The van der Waals surface area contributed by atoms with Crippen LogP contribution in [0.3, 0.4) is 0 Å². The quantitative estimate of drug-likeness (QED) is 0.853. The van der Waals surface area contributed by atoms with Crippen molar-refractivity contribution in [1.82, 2.24) is 4.72 Å². The zero-order chi connectivity index (χ0) is 16.0. The molecule has 2 aromatic rings. The maximum absolute atomic E-state index is 12.1. The van der Waals surface area contributed by atoms with Crippen molar-refractivity contribution in [1.29, 1.82) is 0 Å². The number of methoxy groups -OCH3 is 1. The average molecular weight is 319 g/mol. The molecule has 0 aliphatic rings. The van der Waals surface area contributed by atoms with Crippen LogP contribution in [0.15, 0.2) is 48.5 Å². The molecular weight excluding hydrogens is 298 g/mol. The molecule has 1 N–H and O–H groups in total. The minimum atomic E-state index is -3.31. The fraction of sp³-hybridized carbons (Fsp3) is 0.294. The van der Waals surface area contributed by atoms with E-state index in [0.29, 0.717) is 13.0 Å². The molecule has 0 saturated carbocycles. The summed E-state index contributed by atoms with van der Waals surface area (Å²) >= 11 is 0.